The second-order valence-electron chi connectivity index (χ2n) is 47.3. The van der Waals surface area contributed by atoms with Crippen molar-refractivity contribution in [3.05, 3.63) is 342 Å². The van der Waals surface area contributed by atoms with Crippen molar-refractivity contribution >= 4 is 98.3 Å². The number of para-hydroxylation sites is 2. The lowest BCUT2D eigenvalue weighted by Crippen LogP contribution is -2.37. The van der Waals surface area contributed by atoms with Crippen LogP contribution in [0.1, 0.15) is 273 Å². The highest BCUT2D eigenvalue weighted by Gasteiger charge is 2.30. The smallest absolute Gasteiger partial charge is 0.0541 e. The normalized spacial score (nSPS) is 12.9. The van der Waals surface area contributed by atoms with Crippen LogP contribution in [0, 0.1) is 0 Å². The Balaban J connectivity index is 0.000000139. The van der Waals surface area contributed by atoms with E-state index in [1.165, 1.54) is 171 Å². The Morgan fingerprint density at radius 3 is 0.812 bits per heavy atom. The van der Waals surface area contributed by atoms with Crippen LogP contribution in [0.15, 0.2) is 297 Å². The molecule has 0 saturated carbocycles. The number of rotatable bonds is 5. The molecule has 0 fully saturated rings. The molecule has 0 atom stereocenters. The van der Waals surface area contributed by atoms with Gasteiger partial charge in [-0.1, -0.05) is 360 Å². The minimum atomic E-state index is -0.0221. The van der Waals surface area contributed by atoms with Crippen molar-refractivity contribution in [3.8, 4) is 27.9 Å². The monoisotopic (exact) mass is 1690 g/mol. The Hall–Kier alpha value is -11.2. The Kier molecular flexibility index (Phi) is 25.8. The molecule has 17 aromatic rings. The maximum atomic E-state index is 2.50. The third-order valence-corrected chi connectivity index (χ3v) is 25.6. The van der Waals surface area contributed by atoms with E-state index >= 15 is 0 Å². The van der Waals surface area contributed by atoms with Crippen molar-refractivity contribution in [1.82, 2.24) is 13.7 Å². The summed E-state index contributed by atoms with van der Waals surface area (Å²) in [5.74, 6) is 0. The molecule has 0 aliphatic carbocycles. The molecule has 0 aliphatic rings. The first-order chi connectivity index (χ1) is 59.4. The van der Waals surface area contributed by atoms with Gasteiger partial charge in [-0.05, 0) is 297 Å². The molecule has 3 heterocycles. The molecule has 664 valence electrons. The van der Waals surface area contributed by atoms with Crippen LogP contribution in [0.5, 0.6) is 0 Å². The zero-order valence-electron chi connectivity index (χ0n) is 84.1. The zero-order chi connectivity index (χ0) is 93.4. The summed E-state index contributed by atoms with van der Waals surface area (Å²) in [6.07, 6.45) is 0. The van der Waals surface area contributed by atoms with Crippen LogP contribution in [0.25, 0.3) is 115 Å². The number of hydrogen-bond acceptors (Lipinski definition) is 1. The van der Waals surface area contributed by atoms with E-state index in [0.29, 0.717) is 0 Å². The fourth-order valence-electron chi connectivity index (χ4n) is 18.0. The minimum absolute atomic E-state index is 0.00645. The number of anilines is 2. The highest BCUT2D eigenvalue weighted by Crippen LogP contribution is 2.45. The standard InChI is InChI=1S/C36H41N.C24H33N.C24H35N.C22H21N.C18H18/c1-34(2,3)28-16-10-24(11-17-28)26-14-20-32-30(22-26)31-23-27(15-21-33(31)37(32)36(7,8)9)25-12-18-29(19-13-25)35(4,5)6;1-22(2,3)16-10-12-20-18(14-16)19-15-17(23(4,5)6)11-13-21(19)25(20)24(7,8)9;1-22(2,3)18-10-14-20(15-11-18)25(24(7,8)9)21-16-12-19(13-17-21)23(4,5)6;1-22(2,3)16-13-14-21-19(15-16)18-11-7-8-12-20(18)23(21)17-9-5-4-6-10-17;1-18(2,3)15-10-11-17-14(12-15)9-8-13-6-4-5-7-16(13)17/h10-23H,1-9H3;10-15H,1-9H3;10-17H,1-9H3;4-15H,1-3H3;4-12H,1-3H3. The topological polar surface area (TPSA) is 18.0 Å². The molecule has 14 aromatic carbocycles. The van der Waals surface area contributed by atoms with E-state index < -0.39 is 0 Å². The summed E-state index contributed by atoms with van der Waals surface area (Å²) in [5, 5.41) is 13.4. The van der Waals surface area contributed by atoms with Gasteiger partial charge in [-0.15, -0.1) is 0 Å². The maximum absolute atomic E-state index is 2.50. The van der Waals surface area contributed by atoms with Gasteiger partial charge in [0.25, 0.3) is 0 Å². The van der Waals surface area contributed by atoms with Crippen molar-refractivity contribution in [3.63, 3.8) is 0 Å². The van der Waals surface area contributed by atoms with E-state index in [-0.39, 0.29) is 59.9 Å². The van der Waals surface area contributed by atoms with Gasteiger partial charge in [-0.3, -0.25) is 0 Å². The third kappa shape index (κ3) is 20.7. The molecule has 4 heteroatoms. The van der Waals surface area contributed by atoms with Crippen molar-refractivity contribution < 1.29 is 0 Å². The largest absolute Gasteiger partial charge is 0.336 e. The first-order valence-electron chi connectivity index (χ1n) is 46.9. The molecular weight excluding hydrogens is 1550 g/mol. The Labute approximate surface area is 769 Å². The molecule has 0 bridgehead atoms. The Morgan fingerprint density at radius 2 is 0.445 bits per heavy atom. The SMILES string of the molecule is CC(C)(C)c1ccc(-c2ccc3c(c2)c2cc(-c4ccc(C(C)(C)C)cc4)ccc2n3C(C)(C)C)cc1.CC(C)(C)c1ccc(N(c2ccc(C(C)(C)C)cc2)C(C)(C)C)cc1.CC(C)(C)c1ccc2c(c1)c1cc(C(C)(C)C)ccc1n2C(C)(C)C.CC(C)(C)c1ccc2c(c1)c1ccccc1n2-c1ccccc1.CC(C)(C)c1ccc2c(ccc3ccccc32)c1. The first kappa shape index (κ1) is 94.4. The van der Waals surface area contributed by atoms with E-state index in [0.717, 1.165) is 0 Å². The van der Waals surface area contributed by atoms with Gasteiger partial charge >= 0.3 is 0 Å². The molecule has 0 N–H and O–H groups in total. The molecule has 0 saturated heterocycles. The first-order valence-corrected chi connectivity index (χ1v) is 46.9. The van der Waals surface area contributed by atoms with Gasteiger partial charge in [-0.2, -0.15) is 0 Å². The highest BCUT2D eigenvalue weighted by molar-refractivity contribution is 6.13. The quantitative estimate of drug-likeness (QED) is 0.157. The molecule has 4 nitrogen and oxygen atoms in total. The predicted octanol–water partition coefficient (Wildman–Crippen LogP) is 36.2. The summed E-state index contributed by atoms with van der Waals surface area (Å²) in [4.78, 5) is 2.42. The van der Waals surface area contributed by atoms with Gasteiger partial charge in [0.05, 0.1) is 11.0 Å². The van der Waals surface area contributed by atoms with Crippen molar-refractivity contribution in [2.45, 2.75) is 288 Å². The Morgan fingerprint density at radius 1 is 0.180 bits per heavy atom. The summed E-state index contributed by atoms with van der Waals surface area (Å²) in [6.45, 7) is 75.0. The fourth-order valence-corrected chi connectivity index (χ4v) is 18.0. The van der Waals surface area contributed by atoms with Crippen molar-refractivity contribution in [1.29, 1.82) is 0 Å². The lowest BCUT2D eigenvalue weighted by molar-refractivity contribution is 0.423. The highest BCUT2D eigenvalue weighted by atomic mass is 15.2. The number of fused-ring (bicyclic) bond motifs is 12. The number of nitrogens with zero attached hydrogens (tertiary/aromatic N) is 4. The molecule has 0 spiro atoms. The molecule has 0 radical (unpaired) electrons. The third-order valence-electron chi connectivity index (χ3n) is 25.6. The van der Waals surface area contributed by atoms with Gasteiger partial charge in [0.15, 0.2) is 0 Å². The summed E-state index contributed by atoms with van der Waals surface area (Å²) >= 11 is 0. The van der Waals surface area contributed by atoms with E-state index in [2.05, 4.69) is 544 Å². The average molecular weight is 1690 g/mol. The average Bonchev–Trinajstić information content (AvgIpc) is 1.58. The lowest BCUT2D eigenvalue weighted by atomic mass is 9.85. The van der Waals surface area contributed by atoms with Crippen LogP contribution in [-0.4, -0.2) is 19.2 Å². The molecule has 3 aromatic heterocycles. The van der Waals surface area contributed by atoms with Crippen LogP contribution in [0.3, 0.4) is 0 Å². The van der Waals surface area contributed by atoms with E-state index in [9.17, 15) is 0 Å². The van der Waals surface area contributed by atoms with Crippen LogP contribution in [0.2, 0.25) is 0 Å². The molecule has 0 amide bonds. The van der Waals surface area contributed by atoms with E-state index in [4.69, 9.17) is 0 Å². The lowest BCUT2D eigenvalue weighted by Gasteiger charge is -2.38. The second kappa shape index (κ2) is 35.0. The second-order valence-corrected chi connectivity index (χ2v) is 47.3. The molecule has 17 rings (SSSR count). The molecule has 0 aliphatic heterocycles. The summed E-state index contributed by atoms with van der Waals surface area (Å²) in [7, 11) is 0. The fraction of sp³-hybridized carbons (Fsp3) is 0.355. The molecule has 128 heavy (non-hydrogen) atoms. The summed E-state index contributed by atoms with van der Waals surface area (Å²) < 4.78 is 7.35. The summed E-state index contributed by atoms with van der Waals surface area (Å²) in [6, 6.07) is 110. The van der Waals surface area contributed by atoms with Gasteiger partial charge in [0, 0.05) is 88.1 Å². The maximum Gasteiger partial charge on any atom is 0.0541 e. The zero-order valence-corrected chi connectivity index (χ0v) is 84.1. The van der Waals surface area contributed by atoms with E-state index in [1.54, 1.807) is 0 Å². The van der Waals surface area contributed by atoms with Crippen molar-refractivity contribution in [2.24, 2.45) is 0 Å². The number of benzene rings is 14. The predicted molar refractivity (Wildman–Crippen MR) is 566 cm³/mol. The van der Waals surface area contributed by atoms with Crippen LogP contribution in [-0.2, 0) is 54.4 Å². The van der Waals surface area contributed by atoms with Crippen LogP contribution >= 0.6 is 0 Å². The van der Waals surface area contributed by atoms with Crippen LogP contribution < -0.4 is 4.90 Å². The van der Waals surface area contributed by atoms with Crippen LogP contribution in [0.4, 0.5) is 11.4 Å². The van der Waals surface area contributed by atoms with Gasteiger partial charge in [0.1, 0.15) is 0 Å². The van der Waals surface area contributed by atoms with E-state index in [1.807, 2.05) is 0 Å². The molecule has 0 unspecified atom stereocenters. The molecular formula is C124H148N4. The van der Waals surface area contributed by atoms with Gasteiger partial charge in [0.2, 0.25) is 0 Å². The van der Waals surface area contributed by atoms with Gasteiger partial charge in [-0.25, -0.2) is 0 Å². The number of hydrogen-bond donors (Lipinski definition) is 0. The minimum Gasteiger partial charge on any atom is -0.336 e. The summed E-state index contributed by atoms with van der Waals surface area (Å²) in [5.41, 5.74) is 28.9. The van der Waals surface area contributed by atoms with Gasteiger partial charge < -0.3 is 18.6 Å². The number of aromatic nitrogens is 3. The van der Waals surface area contributed by atoms with Crippen molar-refractivity contribution in [2.75, 3.05) is 4.90 Å². The Bertz CT molecular complexity index is 6540.